The second-order valence-electron chi connectivity index (χ2n) is 4.35. The number of hydrogen-bond acceptors (Lipinski definition) is 4. The van der Waals surface area contributed by atoms with Gasteiger partial charge in [-0.25, -0.2) is 4.98 Å². The van der Waals surface area contributed by atoms with Crippen molar-refractivity contribution >= 4 is 17.3 Å². The van der Waals surface area contributed by atoms with Gasteiger partial charge < -0.3 is 14.8 Å². The van der Waals surface area contributed by atoms with Crippen molar-refractivity contribution in [1.29, 1.82) is 0 Å². The lowest BCUT2D eigenvalue weighted by atomic mass is 10.1. The van der Waals surface area contributed by atoms with Gasteiger partial charge in [0.15, 0.2) is 11.5 Å². The minimum atomic E-state index is 0.132. The SMILES string of the molecule is CC(Nc1ccnc(Cl)c1)c1ccc2c(c1)OCO2. The normalized spacial score (nSPS) is 14.2. The summed E-state index contributed by atoms with van der Waals surface area (Å²) in [5.41, 5.74) is 2.06. The molecule has 1 aromatic heterocycles. The molecule has 3 rings (SSSR count). The van der Waals surface area contributed by atoms with Gasteiger partial charge in [-0.05, 0) is 36.8 Å². The molecular weight excluding hydrogens is 264 g/mol. The number of anilines is 1. The molecule has 5 heteroatoms. The highest BCUT2D eigenvalue weighted by Crippen LogP contribution is 2.34. The fourth-order valence-electron chi connectivity index (χ4n) is 2.01. The standard InChI is InChI=1S/C14H13ClN2O2/c1-9(17-11-4-5-16-14(15)7-11)10-2-3-12-13(6-10)19-8-18-12/h2-7,9H,8H2,1H3,(H,16,17). The van der Waals surface area contributed by atoms with Crippen LogP contribution in [-0.2, 0) is 0 Å². The minimum Gasteiger partial charge on any atom is -0.454 e. The van der Waals surface area contributed by atoms with Crippen LogP contribution in [0.1, 0.15) is 18.5 Å². The average molecular weight is 277 g/mol. The molecule has 1 aliphatic rings. The zero-order valence-corrected chi connectivity index (χ0v) is 11.1. The predicted octanol–water partition coefficient (Wildman–Crippen LogP) is 3.64. The molecule has 19 heavy (non-hydrogen) atoms. The van der Waals surface area contributed by atoms with Crippen LogP contribution in [0.25, 0.3) is 0 Å². The maximum Gasteiger partial charge on any atom is 0.231 e. The lowest BCUT2D eigenvalue weighted by molar-refractivity contribution is 0.174. The van der Waals surface area contributed by atoms with Gasteiger partial charge in [-0.2, -0.15) is 0 Å². The summed E-state index contributed by atoms with van der Waals surface area (Å²) in [5, 5.41) is 3.84. The molecule has 0 saturated heterocycles. The van der Waals surface area contributed by atoms with E-state index in [2.05, 4.69) is 17.2 Å². The molecule has 2 aromatic rings. The Balaban J connectivity index is 1.78. The van der Waals surface area contributed by atoms with Crippen LogP contribution in [0.3, 0.4) is 0 Å². The first kappa shape index (κ1) is 12.1. The number of hydrogen-bond donors (Lipinski definition) is 1. The van der Waals surface area contributed by atoms with Crippen molar-refractivity contribution in [3.63, 3.8) is 0 Å². The summed E-state index contributed by atoms with van der Waals surface area (Å²) in [4.78, 5) is 3.96. The van der Waals surface area contributed by atoms with Crippen molar-refractivity contribution in [3.8, 4) is 11.5 Å². The number of fused-ring (bicyclic) bond motifs is 1. The van der Waals surface area contributed by atoms with Gasteiger partial charge >= 0.3 is 0 Å². The number of nitrogens with one attached hydrogen (secondary N) is 1. The molecule has 1 aliphatic heterocycles. The highest BCUT2D eigenvalue weighted by atomic mass is 35.5. The van der Waals surface area contributed by atoms with E-state index >= 15 is 0 Å². The van der Waals surface area contributed by atoms with Crippen LogP contribution < -0.4 is 14.8 Å². The molecular formula is C14H13ClN2O2. The van der Waals surface area contributed by atoms with Gasteiger partial charge in [0.1, 0.15) is 5.15 Å². The molecule has 0 aliphatic carbocycles. The summed E-state index contributed by atoms with van der Waals surface area (Å²) in [6.07, 6.45) is 1.68. The van der Waals surface area contributed by atoms with Crippen molar-refractivity contribution in [3.05, 3.63) is 47.2 Å². The molecule has 0 spiro atoms. The number of nitrogens with zero attached hydrogens (tertiary/aromatic N) is 1. The first-order valence-electron chi connectivity index (χ1n) is 6.00. The van der Waals surface area contributed by atoms with Crippen LogP contribution in [0.15, 0.2) is 36.5 Å². The fraction of sp³-hybridized carbons (Fsp3) is 0.214. The van der Waals surface area contributed by atoms with Crippen molar-refractivity contribution in [2.24, 2.45) is 0 Å². The number of aromatic nitrogens is 1. The number of ether oxygens (including phenoxy) is 2. The molecule has 0 amide bonds. The molecule has 2 heterocycles. The Morgan fingerprint density at radius 1 is 1.21 bits per heavy atom. The first-order valence-corrected chi connectivity index (χ1v) is 6.38. The Labute approximate surface area is 116 Å². The van der Waals surface area contributed by atoms with E-state index in [0.29, 0.717) is 11.9 Å². The van der Waals surface area contributed by atoms with E-state index in [9.17, 15) is 0 Å². The van der Waals surface area contributed by atoms with Crippen LogP contribution in [-0.4, -0.2) is 11.8 Å². The molecule has 1 unspecified atom stereocenters. The second-order valence-corrected chi connectivity index (χ2v) is 4.73. The summed E-state index contributed by atoms with van der Waals surface area (Å²) in [6.45, 7) is 2.37. The van der Waals surface area contributed by atoms with Crippen molar-refractivity contribution in [1.82, 2.24) is 4.98 Å². The van der Waals surface area contributed by atoms with E-state index in [1.54, 1.807) is 12.3 Å². The van der Waals surface area contributed by atoms with Crippen LogP contribution in [0, 0.1) is 0 Å². The van der Waals surface area contributed by atoms with Gasteiger partial charge in [0, 0.05) is 17.9 Å². The molecule has 98 valence electrons. The summed E-state index contributed by atoms with van der Waals surface area (Å²) in [7, 11) is 0. The van der Waals surface area contributed by atoms with E-state index in [1.165, 1.54) is 0 Å². The molecule has 1 atom stereocenters. The zero-order valence-electron chi connectivity index (χ0n) is 10.4. The quantitative estimate of drug-likeness (QED) is 0.869. The highest BCUT2D eigenvalue weighted by molar-refractivity contribution is 6.29. The van der Waals surface area contributed by atoms with Crippen LogP contribution in [0.5, 0.6) is 11.5 Å². The van der Waals surface area contributed by atoms with Gasteiger partial charge in [-0.3, -0.25) is 0 Å². The Morgan fingerprint density at radius 2 is 2.05 bits per heavy atom. The van der Waals surface area contributed by atoms with Gasteiger partial charge in [0.2, 0.25) is 6.79 Å². The van der Waals surface area contributed by atoms with Crippen molar-refractivity contribution in [2.45, 2.75) is 13.0 Å². The third-order valence-corrected chi connectivity index (χ3v) is 3.21. The summed E-state index contributed by atoms with van der Waals surface area (Å²) >= 11 is 5.86. The zero-order chi connectivity index (χ0) is 13.2. The third-order valence-electron chi connectivity index (χ3n) is 3.01. The highest BCUT2D eigenvalue weighted by Gasteiger charge is 2.15. The summed E-state index contributed by atoms with van der Waals surface area (Å²) in [6, 6.07) is 9.75. The first-order chi connectivity index (χ1) is 9.22. The molecule has 0 fully saturated rings. The smallest absolute Gasteiger partial charge is 0.231 e. The van der Waals surface area contributed by atoms with Gasteiger partial charge in [0.05, 0.1) is 0 Å². The number of benzene rings is 1. The van der Waals surface area contributed by atoms with E-state index < -0.39 is 0 Å². The van der Waals surface area contributed by atoms with Crippen LogP contribution >= 0.6 is 11.6 Å². The number of rotatable bonds is 3. The Hall–Kier alpha value is -1.94. The third kappa shape index (κ3) is 2.58. The molecule has 0 bridgehead atoms. The fourth-order valence-corrected chi connectivity index (χ4v) is 2.18. The Morgan fingerprint density at radius 3 is 2.89 bits per heavy atom. The predicted molar refractivity (Wildman–Crippen MR) is 73.8 cm³/mol. The van der Waals surface area contributed by atoms with Gasteiger partial charge in [-0.15, -0.1) is 0 Å². The maximum atomic E-state index is 5.86. The molecule has 1 N–H and O–H groups in total. The van der Waals surface area contributed by atoms with E-state index in [0.717, 1.165) is 22.7 Å². The summed E-state index contributed by atoms with van der Waals surface area (Å²) < 4.78 is 10.7. The van der Waals surface area contributed by atoms with Gasteiger partial charge in [0.25, 0.3) is 0 Å². The van der Waals surface area contributed by atoms with Crippen molar-refractivity contribution in [2.75, 3.05) is 12.1 Å². The molecule has 0 saturated carbocycles. The number of halogens is 1. The molecule has 4 nitrogen and oxygen atoms in total. The average Bonchev–Trinajstić information content (AvgIpc) is 2.85. The molecule has 0 radical (unpaired) electrons. The van der Waals surface area contributed by atoms with Crippen LogP contribution in [0.2, 0.25) is 5.15 Å². The van der Waals surface area contributed by atoms with Crippen LogP contribution in [0.4, 0.5) is 5.69 Å². The minimum absolute atomic E-state index is 0.132. The van der Waals surface area contributed by atoms with E-state index in [-0.39, 0.29) is 6.04 Å². The van der Waals surface area contributed by atoms with E-state index in [1.807, 2.05) is 24.3 Å². The second kappa shape index (κ2) is 4.97. The van der Waals surface area contributed by atoms with Crippen molar-refractivity contribution < 1.29 is 9.47 Å². The lowest BCUT2D eigenvalue weighted by Gasteiger charge is -2.16. The Kier molecular flexibility index (Phi) is 3.17. The molecule has 1 aromatic carbocycles. The van der Waals surface area contributed by atoms with E-state index in [4.69, 9.17) is 21.1 Å². The maximum absolute atomic E-state index is 5.86. The van der Waals surface area contributed by atoms with Gasteiger partial charge in [-0.1, -0.05) is 17.7 Å². The monoisotopic (exact) mass is 276 g/mol. The Bertz CT molecular complexity index is 604. The number of pyridine rings is 1. The summed E-state index contributed by atoms with van der Waals surface area (Å²) in [5.74, 6) is 1.59. The topological polar surface area (TPSA) is 43.4 Å². The lowest BCUT2D eigenvalue weighted by Crippen LogP contribution is -2.06. The largest absolute Gasteiger partial charge is 0.454 e.